The molecule has 0 radical (unpaired) electrons. The van der Waals surface area contributed by atoms with Crippen LogP contribution in [0, 0.1) is 13.8 Å². The van der Waals surface area contributed by atoms with Gasteiger partial charge in [0.05, 0.1) is 10.9 Å². The molecular weight excluding hydrogens is 382 g/mol. The number of anilines is 1. The summed E-state index contributed by atoms with van der Waals surface area (Å²) >= 11 is 1.34. The lowest BCUT2D eigenvalue weighted by Crippen LogP contribution is -2.23. The number of aryl methyl sites for hydroxylation is 2. The van der Waals surface area contributed by atoms with Gasteiger partial charge in [-0.3, -0.25) is 4.79 Å². The third-order valence-corrected chi connectivity index (χ3v) is 6.22. The number of para-hydroxylation sites is 1. The first-order valence-corrected chi connectivity index (χ1v) is 10.7. The zero-order valence-electron chi connectivity index (χ0n) is 17.5. The molecule has 1 aromatic heterocycles. The Morgan fingerprint density at radius 3 is 2.62 bits per heavy atom. The van der Waals surface area contributed by atoms with Gasteiger partial charge in [0.25, 0.3) is 0 Å². The van der Waals surface area contributed by atoms with Gasteiger partial charge in [0.1, 0.15) is 0 Å². The Bertz CT molecular complexity index is 1000. The Kier molecular flexibility index (Phi) is 6.69. The van der Waals surface area contributed by atoms with Crippen LogP contribution in [0.5, 0.6) is 0 Å². The minimum absolute atomic E-state index is 0.0691. The lowest BCUT2D eigenvalue weighted by molar-refractivity contribution is -0.115. The fraction of sp³-hybridized carbons (Fsp3) is 0.364. The number of nitrogens with one attached hydrogen (secondary N) is 1. The molecule has 0 aliphatic rings. The van der Waals surface area contributed by atoms with Gasteiger partial charge in [-0.05, 0) is 78.4 Å². The summed E-state index contributed by atoms with van der Waals surface area (Å²) < 4.78 is 1.67. The van der Waals surface area contributed by atoms with Gasteiger partial charge in [-0.15, -0.1) is 5.10 Å². The monoisotopic (exact) mass is 409 g/mol. The summed E-state index contributed by atoms with van der Waals surface area (Å²) in [5.41, 5.74) is 5.29. The van der Waals surface area contributed by atoms with Crippen molar-refractivity contribution >= 4 is 23.4 Å². The molecule has 2 aromatic carbocycles. The molecule has 3 aromatic rings. The molecule has 0 unspecified atom stereocenters. The molecule has 1 amide bonds. The van der Waals surface area contributed by atoms with Crippen LogP contribution in [-0.2, 0) is 4.79 Å². The summed E-state index contributed by atoms with van der Waals surface area (Å²) in [4.78, 5) is 12.8. The molecule has 152 valence electrons. The molecular formula is C22H27N5OS. The van der Waals surface area contributed by atoms with Gasteiger partial charge < -0.3 is 5.32 Å². The smallest absolute Gasteiger partial charge is 0.237 e. The van der Waals surface area contributed by atoms with E-state index in [0.29, 0.717) is 11.1 Å². The summed E-state index contributed by atoms with van der Waals surface area (Å²) in [6.07, 6.45) is 1.02. The van der Waals surface area contributed by atoms with Gasteiger partial charge in [-0.2, -0.15) is 4.68 Å². The van der Waals surface area contributed by atoms with Crippen LogP contribution in [-0.4, -0.2) is 31.4 Å². The highest BCUT2D eigenvalue weighted by Gasteiger charge is 2.21. The first kappa shape index (κ1) is 21.0. The molecule has 0 fully saturated rings. The fourth-order valence-electron chi connectivity index (χ4n) is 2.98. The molecule has 7 heteroatoms. The largest absolute Gasteiger partial charge is 0.325 e. The van der Waals surface area contributed by atoms with Crippen molar-refractivity contribution in [3.63, 3.8) is 0 Å². The predicted octanol–water partition coefficient (Wildman–Crippen LogP) is 4.91. The molecule has 6 nitrogen and oxygen atoms in total. The molecule has 1 heterocycles. The molecule has 3 rings (SSSR count). The average molecular weight is 410 g/mol. The Balaban J connectivity index is 1.75. The van der Waals surface area contributed by atoms with Crippen LogP contribution in [0.25, 0.3) is 5.69 Å². The van der Waals surface area contributed by atoms with Crippen molar-refractivity contribution < 1.29 is 4.79 Å². The zero-order valence-corrected chi connectivity index (χ0v) is 18.3. The van der Waals surface area contributed by atoms with Gasteiger partial charge in [-0.25, -0.2) is 0 Å². The number of nitrogens with zero attached hydrogens (tertiary/aromatic N) is 4. The molecule has 0 spiro atoms. The molecule has 0 aliphatic heterocycles. The van der Waals surface area contributed by atoms with E-state index in [0.717, 1.165) is 23.4 Å². The number of hydrogen-bond acceptors (Lipinski definition) is 5. The lowest BCUT2D eigenvalue weighted by atomic mass is 9.97. The number of amides is 1. The highest BCUT2D eigenvalue weighted by molar-refractivity contribution is 8.00. The molecule has 0 saturated heterocycles. The highest BCUT2D eigenvalue weighted by Crippen LogP contribution is 2.28. The van der Waals surface area contributed by atoms with E-state index < -0.39 is 0 Å². The van der Waals surface area contributed by atoms with E-state index >= 15 is 0 Å². The number of hydrogen-bond donors (Lipinski definition) is 1. The zero-order chi connectivity index (χ0) is 21.0. The summed E-state index contributed by atoms with van der Waals surface area (Å²) in [6.45, 7) is 10.3. The van der Waals surface area contributed by atoms with E-state index in [1.807, 2.05) is 43.3 Å². The van der Waals surface area contributed by atoms with E-state index in [4.69, 9.17) is 0 Å². The highest BCUT2D eigenvalue weighted by atomic mass is 32.2. The maximum atomic E-state index is 12.8. The van der Waals surface area contributed by atoms with Crippen LogP contribution in [0.4, 0.5) is 5.69 Å². The number of carbonyl (C=O) groups is 1. The SMILES string of the molecule is CC[C@H](C)c1ccccc1NC(=O)[C@@H](C)Sc1nnnn1-c1ccc(C)c(C)c1. The summed E-state index contributed by atoms with van der Waals surface area (Å²) in [5.74, 6) is 0.312. The van der Waals surface area contributed by atoms with Gasteiger partial charge in [0.15, 0.2) is 0 Å². The Hall–Kier alpha value is -2.67. The number of carbonyl (C=O) groups excluding carboxylic acids is 1. The van der Waals surface area contributed by atoms with Crippen LogP contribution in [0.1, 0.15) is 49.8 Å². The van der Waals surface area contributed by atoms with Crippen molar-refractivity contribution in [3.8, 4) is 5.69 Å². The van der Waals surface area contributed by atoms with E-state index in [1.165, 1.54) is 22.9 Å². The summed E-state index contributed by atoms with van der Waals surface area (Å²) in [7, 11) is 0. The third kappa shape index (κ3) is 4.85. The van der Waals surface area contributed by atoms with Crippen LogP contribution in [0.15, 0.2) is 47.6 Å². The van der Waals surface area contributed by atoms with Crippen molar-refractivity contribution in [1.82, 2.24) is 20.2 Å². The maximum Gasteiger partial charge on any atom is 0.237 e. The number of tetrazole rings is 1. The summed E-state index contributed by atoms with van der Waals surface area (Å²) in [6, 6.07) is 14.0. The van der Waals surface area contributed by atoms with Gasteiger partial charge in [0.2, 0.25) is 11.1 Å². The number of benzene rings is 2. The Morgan fingerprint density at radius 1 is 1.14 bits per heavy atom. The van der Waals surface area contributed by atoms with Gasteiger partial charge in [0, 0.05) is 5.69 Å². The van der Waals surface area contributed by atoms with Crippen molar-refractivity contribution in [2.45, 2.75) is 57.4 Å². The fourth-order valence-corrected chi connectivity index (χ4v) is 3.79. The van der Waals surface area contributed by atoms with Gasteiger partial charge in [-0.1, -0.05) is 49.9 Å². The minimum Gasteiger partial charge on any atom is -0.325 e. The predicted molar refractivity (Wildman–Crippen MR) is 118 cm³/mol. The van der Waals surface area contributed by atoms with E-state index in [-0.39, 0.29) is 11.2 Å². The lowest BCUT2D eigenvalue weighted by Gasteiger charge is -2.17. The second-order valence-corrected chi connectivity index (χ2v) is 8.60. The van der Waals surface area contributed by atoms with Gasteiger partial charge >= 0.3 is 0 Å². The molecule has 0 saturated carbocycles. The number of rotatable bonds is 7. The average Bonchev–Trinajstić information content (AvgIpc) is 3.17. The van der Waals surface area contributed by atoms with Crippen LogP contribution < -0.4 is 5.32 Å². The number of aromatic nitrogens is 4. The maximum absolute atomic E-state index is 12.8. The van der Waals surface area contributed by atoms with Crippen molar-refractivity contribution in [1.29, 1.82) is 0 Å². The van der Waals surface area contributed by atoms with E-state index in [9.17, 15) is 4.79 Å². The van der Waals surface area contributed by atoms with E-state index in [1.54, 1.807) is 4.68 Å². The van der Waals surface area contributed by atoms with Crippen molar-refractivity contribution in [3.05, 3.63) is 59.2 Å². The molecule has 29 heavy (non-hydrogen) atoms. The first-order chi connectivity index (χ1) is 13.9. The minimum atomic E-state index is -0.351. The van der Waals surface area contributed by atoms with Crippen LogP contribution >= 0.6 is 11.8 Å². The second kappa shape index (κ2) is 9.22. The molecule has 0 aliphatic carbocycles. The molecule has 0 bridgehead atoms. The van der Waals surface area contributed by atoms with Crippen molar-refractivity contribution in [2.24, 2.45) is 0 Å². The topological polar surface area (TPSA) is 72.7 Å². The van der Waals surface area contributed by atoms with Crippen LogP contribution in [0.3, 0.4) is 0 Å². The van der Waals surface area contributed by atoms with Crippen LogP contribution in [0.2, 0.25) is 0 Å². The molecule has 2 atom stereocenters. The van der Waals surface area contributed by atoms with Crippen molar-refractivity contribution in [2.75, 3.05) is 5.32 Å². The quantitative estimate of drug-likeness (QED) is 0.561. The first-order valence-electron chi connectivity index (χ1n) is 9.83. The third-order valence-electron chi connectivity index (χ3n) is 5.19. The Labute approximate surface area is 176 Å². The Morgan fingerprint density at radius 2 is 1.90 bits per heavy atom. The normalized spacial score (nSPS) is 13.1. The number of thioether (sulfide) groups is 1. The standard InChI is InChI=1S/C22H27N5OS/c1-6-14(2)19-9-7-8-10-20(19)23-21(28)17(5)29-22-24-25-26-27(22)18-12-11-15(3)16(4)13-18/h7-14,17H,6H2,1-5H3,(H,23,28)/t14-,17+/m0/s1. The molecule has 1 N–H and O–H groups in total. The second-order valence-electron chi connectivity index (χ2n) is 7.29. The summed E-state index contributed by atoms with van der Waals surface area (Å²) in [5, 5.41) is 15.3. The van der Waals surface area contributed by atoms with E-state index in [2.05, 4.69) is 54.6 Å².